The largest absolute Gasteiger partial charge is 0.325 e. The number of carbonyl (C=O) groups excluding carboxylic acids is 1. The highest BCUT2D eigenvalue weighted by Crippen LogP contribution is 2.30. The Labute approximate surface area is 151 Å². The van der Waals surface area contributed by atoms with Crippen LogP contribution >= 0.6 is 11.3 Å². The summed E-state index contributed by atoms with van der Waals surface area (Å²) in [6.45, 7) is 4.14. The predicted molar refractivity (Wildman–Crippen MR) is 103 cm³/mol. The van der Waals surface area contributed by atoms with Crippen LogP contribution in [0.3, 0.4) is 0 Å². The smallest absolute Gasteiger partial charge is 0.308 e. The van der Waals surface area contributed by atoms with Crippen LogP contribution in [-0.2, 0) is 6.42 Å². The highest BCUT2D eigenvalue weighted by molar-refractivity contribution is 7.19. The summed E-state index contributed by atoms with van der Waals surface area (Å²) in [4.78, 5) is 21.6. The average molecular weight is 352 g/mol. The van der Waals surface area contributed by atoms with Gasteiger partial charge in [0.05, 0.1) is 4.88 Å². The van der Waals surface area contributed by atoms with E-state index in [1.54, 1.807) is 12.4 Å². The number of carbonyl (C=O) groups is 1. The Morgan fingerprint density at radius 2 is 2.08 bits per heavy atom. The minimum atomic E-state index is -0.291. The molecular weight excluding hydrogens is 332 g/mol. The number of nitrogens with one attached hydrogen (secondary N) is 2. The number of hydrogen-bond donors (Lipinski definition) is 2. The Balaban J connectivity index is 1.66. The Bertz CT molecular complexity index is 875. The topological polar surface area (TPSA) is 66.9 Å². The van der Waals surface area contributed by atoms with Gasteiger partial charge in [0, 0.05) is 24.3 Å². The molecule has 0 saturated heterocycles. The van der Waals surface area contributed by atoms with Gasteiger partial charge in [-0.15, -0.1) is 0 Å². The molecule has 5 nitrogen and oxygen atoms in total. The maximum absolute atomic E-state index is 12.2. The van der Waals surface area contributed by atoms with Gasteiger partial charge >= 0.3 is 6.03 Å². The van der Waals surface area contributed by atoms with Crippen molar-refractivity contribution in [1.82, 2.24) is 9.97 Å². The lowest BCUT2D eigenvalue weighted by Gasteiger charge is -2.07. The standard InChI is InChI=1S/C19H20N4OS/c1-3-5-14-6-4-7-15(10-14)22-18(24)23-19-21-12-17(25-19)16-8-9-20-11-13(16)2/h4,6-12H,3,5H2,1-2H3,(H2,21,22,23,24). The summed E-state index contributed by atoms with van der Waals surface area (Å²) in [6.07, 6.45) is 7.41. The first kappa shape index (κ1) is 17.1. The third kappa shape index (κ3) is 4.42. The number of aromatic nitrogens is 2. The van der Waals surface area contributed by atoms with Gasteiger partial charge in [-0.05, 0) is 48.2 Å². The van der Waals surface area contributed by atoms with Crippen LogP contribution in [0.25, 0.3) is 10.4 Å². The second kappa shape index (κ2) is 7.90. The lowest BCUT2D eigenvalue weighted by atomic mass is 10.1. The van der Waals surface area contributed by atoms with Crippen molar-refractivity contribution in [3.05, 3.63) is 60.0 Å². The SMILES string of the molecule is CCCc1cccc(NC(=O)Nc2ncc(-c3ccncc3C)s2)c1. The fraction of sp³-hybridized carbons (Fsp3) is 0.211. The van der Waals surface area contributed by atoms with E-state index in [2.05, 4.69) is 33.6 Å². The summed E-state index contributed by atoms with van der Waals surface area (Å²) in [7, 11) is 0. The number of urea groups is 1. The molecule has 0 unspecified atom stereocenters. The Morgan fingerprint density at radius 3 is 2.88 bits per heavy atom. The molecule has 0 bridgehead atoms. The Morgan fingerprint density at radius 1 is 1.20 bits per heavy atom. The number of hydrogen-bond acceptors (Lipinski definition) is 4. The van der Waals surface area contributed by atoms with Crippen LogP contribution in [0.4, 0.5) is 15.6 Å². The molecule has 0 fully saturated rings. The van der Waals surface area contributed by atoms with Crippen molar-refractivity contribution in [3.63, 3.8) is 0 Å². The van der Waals surface area contributed by atoms with Gasteiger partial charge in [-0.2, -0.15) is 0 Å². The number of pyridine rings is 1. The number of anilines is 2. The highest BCUT2D eigenvalue weighted by atomic mass is 32.1. The molecule has 2 amide bonds. The fourth-order valence-electron chi connectivity index (χ4n) is 2.56. The molecule has 0 radical (unpaired) electrons. The van der Waals surface area contributed by atoms with E-state index in [0.717, 1.165) is 34.5 Å². The molecule has 25 heavy (non-hydrogen) atoms. The first-order chi connectivity index (χ1) is 12.2. The van der Waals surface area contributed by atoms with Crippen molar-refractivity contribution in [1.29, 1.82) is 0 Å². The zero-order valence-electron chi connectivity index (χ0n) is 14.2. The minimum Gasteiger partial charge on any atom is -0.308 e. The van der Waals surface area contributed by atoms with Gasteiger partial charge in [-0.3, -0.25) is 10.3 Å². The quantitative estimate of drug-likeness (QED) is 0.670. The maximum atomic E-state index is 12.2. The summed E-state index contributed by atoms with van der Waals surface area (Å²) < 4.78 is 0. The van der Waals surface area contributed by atoms with Gasteiger partial charge in [0.2, 0.25) is 0 Å². The lowest BCUT2D eigenvalue weighted by Crippen LogP contribution is -2.19. The Kier molecular flexibility index (Phi) is 5.40. The number of thiazole rings is 1. The molecule has 2 N–H and O–H groups in total. The molecular formula is C19H20N4OS. The number of rotatable bonds is 5. The molecule has 0 aliphatic heterocycles. The van der Waals surface area contributed by atoms with Gasteiger partial charge in [0.15, 0.2) is 5.13 Å². The maximum Gasteiger partial charge on any atom is 0.325 e. The van der Waals surface area contributed by atoms with E-state index >= 15 is 0 Å². The monoisotopic (exact) mass is 352 g/mol. The van der Waals surface area contributed by atoms with Gasteiger partial charge in [-0.25, -0.2) is 9.78 Å². The van der Waals surface area contributed by atoms with Gasteiger partial charge in [-0.1, -0.05) is 36.8 Å². The van der Waals surface area contributed by atoms with Crippen molar-refractivity contribution < 1.29 is 4.79 Å². The second-order valence-electron chi connectivity index (χ2n) is 5.75. The highest BCUT2D eigenvalue weighted by Gasteiger charge is 2.10. The van der Waals surface area contributed by atoms with Crippen molar-refractivity contribution >= 4 is 28.2 Å². The summed E-state index contributed by atoms with van der Waals surface area (Å²) in [5.41, 5.74) is 4.15. The molecule has 0 aliphatic rings. The molecule has 3 rings (SSSR count). The van der Waals surface area contributed by atoms with E-state index in [1.165, 1.54) is 16.9 Å². The normalized spacial score (nSPS) is 10.5. The summed E-state index contributed by atoms with van der Waals surface area (Å²) in [5, 5.41) is 6.21. The van der Waals surface area contributed by atoms with Crippen LogP contribution in [0.2, 0.25) is 0 Å². The van der Waals surface area contributed by atoms with Gasteiger partial charge < -0.3 is 5.32 Å². The van der Waals surface area contributed by atoms with Crippen LogP contribution in [-0.4, -0.2) is 16.0 Å². The summed E-state index contributed by atoms with van der Waals surface area (Å²) >= 11 is 1.44. The van der Waals surface area contributed by atoms with E-state index < -0.39 is 0 Å². The lowest BCUT2D eigenvalue weighted by molar-refractivity contribution is 0.262. The first-order valence-electron chi connectivity index (χ1n) is 8.19. The van der Waals surface area contributed by atoms with Crippen LogP contribution in [0.5, 0.6) is 0 Å². The van der Waals surface area contributed by atoms with Gasteiger partial charge in [0.1, 0.15) is 0 Å². The molecule has 2 heterocycles. The number of aryl methyl sites for hydroxylation is 2. The van der Waals surface area contributed by atoms with Gasteiger partial charge in [0.25, 0.3) is 0 Å². The zero-order chi connectivity index (χ0) is 17.6. The summed E-state index contributed by atoms with van der Waals surface area (Å²) in [6, 6.07) is 9.56. The van der Waals surface area contributed by atoms with Crippen LogP contribution in [0, 0.1) is 6.92 Å². The molecule has 0 spiro atoms. The average Bonchev–Trinajstić information content (AvgIpc) is 3.04. The molecule has 6 heteroatoms. The van der Waals surface area contributed by atoms with Crippen molar-refractivity contribution in [2.45, 2.75) is 26.7 Å². The van der Waals surface area contributed by atoms with Crippen LogP contribution in [0.15, 0.2) is 48.9 Å². The summed E-state index contributed by atoms with van der Waals surface area (Å²) in [5.74, 6) is 0. The van der Waals surface area contributed by atoms with Crippen LogP contribution in [0.1, 0.15) is 24.5 Å². The van der Waals surface area contributed by atoms with Crippen molar-refractivity contribution in [3.8, 4) is 10.4 Å². The molecule has 0 atom stereocenters. The number of benzene rings is 1. The number of nitrogens with zero attached hydrogens (tertiary/aromatic N) is 2. The third-order valence-corrected chi connectivity index (χ3v) is 4.68. The molecule has 2 aromatic heterocycles. The fourth-order valence-corrected chi connectivity index (χ4v) is 3.46. The second-order valence-corrected chi connectivity index (χ2v) is 6.78. The zero-order valence-corrected chi connectivity index (χ0v) is 15.1. The van der Waals surface area contributed by atoms with Crippen molar-refractivity contribution in [2.75, 3.05) is 10.6 Å². The van der Waals surface area contributed by atoms with Crippen molar-refractivity contribution in [2.24, 2.45) is 0 Å². The third-order valence-electron chi connectivity index (χ3n) is 3.74. The molecule has 128 valence electrons. The van der Waals surface area contributed by atoms with E-state index in [1.807, 2.05) is 37.4 Å². The predicted octanol–water partition coefficient (Wildman–Crippen LogP) is 5.11. The molecule has 1 aromatic carbocycles. The minimum absolute atomic E-state index is 0.291. The molecule has 3 aromatic rings. The van der Waals surface area contributed by atoms with E-state index in [0.29, 0.717) is 5.13 Å². The number of amides is 2. The van der Waals surface area contributed by atoms with Crippen LogP contribution < -0.4 is 10.6 Å². The molecule has 0 aliphatic carbocycles. The molecule has 0 saturated carbocycles. The first-order valence-corrected chi connectivity index (χ1v) is 9.01. The Hall–Kier alpha value is -2.73. The van der Waals surface area contributed by atoms with E-state index in [9.17, 15) is 4.79 Å². The van der Waals surface area contributed by atoms with E-state index in [4.69, 9.17) is 0 Å². The van der Waals surface area contributed by atoms with E-state index in [-0.39, 0.29) is 6.03 Å².